The molecule has 0 amide bonds. The molecule has 0 atom stereocenters. The van der Waals surface area contributed by atoms with Crippen LogP contribution >= 0.6 is 0 Å². The molecule has 0 aliphatic heterocycles. The molecule has 0 fully saturated rings. The molecule has 0 spiro atoms. The fourth-order valence-electron chi connectivity index (χ4n) is 2.10. The van der Waals surface area contributed by atoms with Gasteiger partial charge in [-0.1, -0.05) is 18.7 Å². The van der Waals surface area contributed by atoms with Crippen molar-refractivity contribution in [1.29, 1.82) is 0 Å². The van der Waals surface area contributed by atoms with Gasteiger partial charge in [-0.2, -0.15) is 5.10 Å². The van der Waals surface area contributed by atoms with Crippen LogP contribution in [0.2, 0.25) is 0 Å². The van der Waals surface area contributed by atoms with Crippen LogP contribution in [0.4, 0.5) is 0 Å². The minimum atomic E-state index is 0.578. The first-order valence-corrected chi connectivity index (χ1v) is 7.51. The molecule has 0 aliphatic carbocycles. The topological polar surface area (TPSA) is 59.0 Å². The molecule has 24 heavy (non-hydrogen) atoms. The fraction of sp³-hybridized carbons (Fsp3) is 0.222. The van der Waals surface area contributed by atoms with Crippen LogP contribution in [0.1, 0.15) is 11.1 Å². The summed E-state index contributed by atoms with van der Waals surface area (Å²) in [5.41, 5.74) is 5.14. The molecule has 1 N–H and O–H groups in total. The summed E-state index contributed by atoms with van der Waals surface area (Å²) in [4.78, 5) is 5.97. The van der Waals surface area contributed by atoms with E-state index in [4.69, 9.17) is 9.47 Å². The van der Waals surface area contributed by atoms with E-state index in [1.54, 1.807) is 33.0 Å². The van der Waals surface area contributed by atoms with Crippen molar-refractivity contribution in [2.45, 2.75) is 13.1 Å². The molecule has 1 aromatic carbocycles. The molecule has 6 nitrogen and oxygen atoms in total. The molecular formula is C18H22N4O2. The predicted molar refractivity (Wildman–Crippen MR) is 94.9 cm³/mol. The van der Waals surface area contributed by atoms with Gasteiger partial charge in [-0.05, 0) is 35.5 Å². The maximum Gasteiger partial charge on any atom is 0.161 e. The van der Waals surface area contributed by atoms with Crippen LogP contribution in [-0.4, -0.2) is 30.4 Å². The van der Waals surface area contributed by atoms with E-state index in [0.717, 1.165) is 11.1 Å². The van der Waals surface area contributed by atoms with Crippen LogP contribution in [0, 0.1) is 0 Å². The fourth-order valence-corrected chi connectivity index (χ4v) is 2.10. The summed E-state index contributed by atoms with van der Waals surface area (Å²) in [7, 11) is 3.24. The van der Waals surface area contributed by atoms with Crippen molar-refractivity contribution in [3.63, 3.8) is 0 Å². The van der Waals surface area contributed by atoms with Crippen molar-refractivity contribution in [2.75, 3.05) is 14.2 Å². The van der Waals surface area contributed by atoms with Gasteiger partial charge in [0.05, 0.1) is 20.8 Å². The predicted octanol–water partition coefficient (Wildman–Crippen LogP) is 2.78. The Hall–Kier alpha value is -3.02. The minimum Gasteiger partial charge on any atom is -0.493 e. The van der Waals surface area contributed by atoms with Crippen molar-refractivity contribution < 1.29 is 9.47 Å². The van der Waals surface area contributed by atoms with Gasteiger partial charge in [0.1, 0.15) is 6.34 Å². The van der Waals surface area contributed by atoms with Crippen molar-refractivity contribution in [1.82, 2.24) is 15.3 Å². The Morgan fingerprint density at radius 2 is 2.04 bits per heavy atom. The van der Waals surface area contributed by atoms with Crippen LogP contribution in [0.5, 0.6) is 11.5 Å². The first-order chi connectivity index (χ1) is 11.8. The Morgan fingerprint density at radius 1 is 1.21 bits per heavy atom. The number of methoxy groups -OCH3 is 2. The Bertz CT molecular complexity index is 674. The summed E-state index contributed by atoms with van der Waals surface area (Å²) in [6.45, 7) is 5.04. The van der Waals surface area contributed by atoms with Crippen LogP contribution in [-0.2, 0) is 13.1 Å². The molecule has 0 saturated carbocycles. The Morgan fingerprint density at radius 3 is 2.71 bits per heavy atom. The quantitative estimate of drug-likeness (QED) is 0.436. The molecule has 0 aliphatic rings. The SMILES string of the molecule is C=CN(/C=N\NCc1ccc(OC)c(OC)c1)Cc1cccnc1. The Labute approximate surface area is 142 Å². The van der Waals surface area contributed by atoms with E-state index < -0.39 is 0 Å². The largest absolute Gasteiger partial charge is 0.493 e. The van der Waals surface area contributed by atoms with E-state index >= 15 is 0 Å². The lowest BCUT2D eigenvalue weighted by atomic mass is 10.2. The molecule has 0 bridgehead atoms. The number of hydrazone groups is 1. The van der Waals surface area contributed by atoms with Gasteiger partial charge in [0, 0.05) is 18.9 Å². The van der Waals surface area contributed by atoms with Crippen LogP contribution in [0.3, 0.4) is 0 Å². The second kappa shape index (κ2) is 9.19. The average Bonchev–Trinajstić information content (AvgIpc) is 2.64. The van der Waals surface area contributed by atoms with Crippen molar-refractivity contribution in [3.05, 3.63) is 66.6 Å². The summed E-state index contributed by atoms with van der Waals surface area (Å²) in [5.74, 6) is 1.41. The van der Waals surface area contributed by atoms with Gasteiger partial charge in [0.2, 0.25) is 0 Å². The average molecular weight is 326 g/mol. The van der Waals surface area contributed by atoms with Crippen molar-refractivity contribution in [3.8, 4) is 11.5 Å². The summed E-state index contributed by atoms with van der Waals surface area (Å²) < 4.78 is 10.5. The zero-order chi connectivity index (χ0) is 17.2. The summed E-state index contributed by atoms with van der Waals surface area (Å²) >= 11 is 0. The Balaban J connectivity index is 1.88. The number of nitrogens with zero attached hydrogens (tertiary/aromatic N) is 3. The van der Waals surface area contributed by atoms with E-state index in [-0.39, 0.29) is 0 Å². The highest BCUT2D eigenvalue weighted by Crippen LogP contribution is 2.27. The lowest BCUT2D eigenvalue weighted by Gasteiger charge is -2.14. The van der Waals surface area contributed by atoms with Gasteiger partial charge in [0.15, 0.2) is 11.5 Å². The number of hydrogen-bond acceptors (Lipinski definition) is 5. The second-order valence-corrected chi connectivity index (χ2v) is 4.98. The van der Waals surface area contributed by atoms with E-state index in [2.05, 4.69) is 22.1 Å². The first kappa shape index (κ1) is 17.3. The maximum absolute atomic E-state index is 5.29. The van der Waals surface area contributed by atoms with Crippen LogP contribution in [0.15, 0.2) is 60.6 Å². The first-order valence-electron chi connectivity index (χ1n) is 7.51. The highest BCUT2D eigenvalue weighted by molar-refractivity contribution is 5.56. The van der Waals surface area contributed by atoms with Gasteiger partial charge in [-0.25, -0.2) is 0 Å². The molecule has 2 rings (SSSR count). The molecule has 6 heteroatoms. The Kier molecular flexibility index (Phi) is 6.64. The van der Waals surface area contributed by atoms with Gasteiger partial charge in [-0.3, -0.25) is 4.98 Å². The van der Waals surface area contributed by atoms with Crippen LogP contribution in [0.25, 0.3) is 0 Å². The third kappa shape index (κ3) is 5.01. The normalized spacial score (nSPS) is 10.4. The zero-order valence-corrected chi connectivity index (χ0v) is 14.0. The number of aromatic nitrogens is 1. The summed E-state index contributed by atoms with van der Waals surface area (Å²) in [6.07, 6.45) is 6.98. The number of ether oxygens (including phenoxy) is 2. The van der Waals surface area contributed by atoms with Crippen molar-refractivity contribution >= 4 is 6.34 Å². The highest BCUT2D eigenvalue weighted by Gasteiger charge is 2.04. The van der Waals surface area contributed by atoms with Gasteiger partial charge >= 0.3 is 0 Å². The molecule has 0 unspecified atom stereocenters. The minimum absolute atomic E-state index is 0.578. The lowest BCUT2D eigenvalue weighted by molar-refractivity contribution is 0.354. The van der Waals surface area contributed by atoms with Gasteiger partial charge < -0.3 is 19.8 Å². The third-order valence-corrected chi connectivity index (χ3v) is 3.35. The third-order valence-electron chi connectivity index (χ3n) is 3.35. The molecule has 126 valence electrons. The van der Waals surface area contributed by atoms with Gasteiger partial charge in [0.25, 0.3) is 0 Å². The number of nitrogens with one attached hydrogen (secondary N) is 1. The lowest BCUT2D eigenvalue weighted by Crippen LogP contribution is -2.17. The number of pyridine rings is 1. The molecule has 1 aromatic heterocycles. The summed E-state index contributed by atoms with van der Waals surface area (Å²) in [6, 6.07) is 9.67. The molecule has 0 radical (unpaired) electrons. The van der Waals surface area contributed by atoms with E-state index in [9.17, 15) is 0 Å². The smallest absolute Gasteiger partial charge is 0.161 e. The standard InChI is InChI=1S/C18H22N4O2/c1-4-22(13-16-6-5-9-19-11-16)14-21-20-12-15-7-8-17(23-2)18(10-15)24-3/h4-11,14,20H,1,12-13H2,2-3H3/b21-14-. The van der Waals surface area contributed by atoms with Crippen molar-refractivity contribution in [2.24, 2.45) is 5.10 Å². The number of hydrogen-bond donors (Lipinski definition) is 1. The van der Waals surface area contributed by atoms with Gasteiger partial charge in [-0.15, -0.1) is 0 Å². The number of rotatable bonds is 9. The second-order valence-electron chi connectivity index (χ2n) is 4.98. The highest BCUT2D eigenvalue weighted by atomic mass is 16.5. The van der Waals surface area contributed by atoms with E-state index in [0.29, 0.717) is 24.6 Å². The molecule has 2 aromatic rings. The summed E-state index contributed by atoms with van der Waals surface area (Å²) in [5, 5.41) is 4.22. The monoisotopic (exact) mass is 326 g/mol. The van der Waals surface area contributed by atoms with Crippen LogP contribution < -0.4 is 14.9 Å². The van der Waals surface area contributed by atoms with E-state index in [1.165, 1.54) is 0 Å². The molecular weight excluding hydrogens is 304 g/mol. The number of benzene rings is 1. The molecule has 0 saturated heterocycles. The molecule has 1 heterocycles. The maximum atomic E-state index is 5.29. The zero-order valence-electron chi connectivity index (χ0n) is 14.0. The van der Waals surface area contributed by atoms with E-state index in [1.807, 2.05) is 41.4 Å².